The number of piperazine rings is 1. The van der Waals surface area contributed by atoms with Crippen molar-refractivity contribution in [3.63, 3.8) is 0 Å². The summed E-state index contributed by atoms with van der Waals surface area (Å²) >= 11 is 0. The normalized spacial score (nSPS) is 21.3. The highest BCUT2D eigenvalue weighted by atomic mass is 16.5. The fraction of sp³-hybridized carbons (Fsp3) is 0.417. The topological polar surface area (TPSA) is 192 Å². The molecule has 3 aromatic carbocycles. The predicted molar refractivity (Wildman–Crippen MR) is 241 cm³/mol. The monoisotopic (exact) mass is 879 g/mol. The van der Waals surface area contributed by atoms with Crippen molar-refractivity contribution in [2.45, 2.75) is 62.9 Å². The molecule has 10 rings (SSSR count). The second-order valence-corrected chi connectivity index (χ2v) is 17.8. The Balaban J connectivity index is 0.686. The number of amides is 6. The molecule has 0 radical (unpaired) electrons. The molecule has 0 bridgehead atoms. The largest absolute Gasteiger partial charge is 0.457 e. The summed E-state index contributed by atoms with van der Waals surface area (Å²) in [7, 11) is 0. The summed E-state index contributed by atoms with van der Waals surface area (Å²) < 4.78 is 7.95. The number of nitrogens with two attached hydrogens (primary N) is 1. The summed E-state index contributed by atoms with van der Waals surface area (Å²) in [5.74, 6) is 0.181. The van der Waals surface area contributed by atoms with Crippen LogP contribution < -0.4 is 15.8 Å². The van der Waals surface area contributed by atoms with E-state index in [0.717, 1.165) is 93.1 Å². The van der Waals surface area contributed by atoms with Crippen molar-refractivity contribution < 1.29 is 28.7 Å². The Labute approximate surface area is 376 Å². The first-order valence-corrected chi connectivity index (χ1v) is 22.8. The van der Waals surface area contributed by atoms with Gasteiger partial charge in [-0.2, -0.15) is 5.10 Å². The summed E-state index contributed by atoms with van der Waals surface area (Å²) in [6, 6.07) is 21.9. The molecule has 0 saturated carbocycles. The number of benzene rings is 3. The molecule has 2 aromatic heterocycles. The average molecular weight is 880 g/mol. The number of nitrogens with one attached hydrogen (secondary N) is 1. The molecule has 5 aliphatic heterocycles. The Bertz CT molecular complexity index is 2620. The van der Waals surface area contributed by atoms with Gasteiger partial charge in [0.25, 0.3) is 11.8 Å². The fourth-order valence-electron chi connectivity index (χ4n) is 10.2. The molecular weight excluding hydrogens is 827 g/mol. The van der Waals surface area contributed by atoms with Gasteiger partial charge in [-0.15, -0.1) is 0 Å². The second-order valence-electron chi connectivity index (χ2n) is 17.8. The van der Waals surface area contributed by atoms with Crippen LogP contribution in [0.3, 0.4) is 0 Å². The molecule has 4 fully saturated rings. The molecule has 17 nitrogen and oxygen atoms in total. The lowest BCUT2D eigenvalue weighted by Gasteiger charge is -2.40. The Morgan fingerprint density at radius 1 is 0.754 bits per heavy atom. The molecule has 17 heteroatoms. The predicted octanol–water partition coefficient (Wildman–Crippen LogP) is 4.91. The number of nitrogen functional groups attached to an aromatic ring is 1. The first-order valence-electron chi connectivity index (χ1n) is 22.8. The van der Waals surface area contributed by atoms with Gasteiger partial charge in [0.2, 0.25) is 11.8 Å². The molecular formula is C48H53N11O6. The van der Waals surface area contributed by atoms with Crippen LogP contribution in [0.5, 0.6) is 11.5 Å². The van der Waals surface area contributed by atoms with Gasteiger partial charge in [-0.1, -0.05) is 24.3 Å². The molecule has 6 amide bonds. The van der Waals surface area contributed by atoms with E-state index in [1.54, 1.807) is 6.07 Å². The van der Waals surface area contributed by atoms with E-state index in [1.165, 1.54) is 6.33 Å². The lowest BCUT2D eigenvalue weighted by Crippen LogP contribution is -2.54. The number of imide groups is 2. The molecule has 5 aromatic rings. The van der Waals surface area contributed by atoms with Crippen LogP contribution in [0.25, 0.3) is 22.3 Å². The van der Waals surface area contributed by atoms with Crippen LogP contribution >= 0.6 is 0 Å². The zero-order valence-corrected chi connectivity index (χ0v) is 36.3. The summed E-state index contributed by atoms with van der Waals surface area (Å²) in [5.41, 5.74) is 10.4. The molecule has 5 aliphatic rings. The molecule has 2 atom stereocenters. The molecule has 336 valence electrons. The first-order chi connectivity index (χ1) is 31.7. The zero-order chi connectivity index (χ0) is 44.6. The number of hydrogen-bond donors (Lipinski definition) is 2. The van der Waals surface area contributed by atoms with Crippen LogP contribution in [-0.2, 0) is 9.59 Å². The van der Waals surface area contributed by atoms with E-state index >= 15 is 0 Å². The van der Waals surface area contributed by atoms with Crippen molar-refractivity contribution in [1.29, 1.82) is 0 Å². The third-order valence-corrected chi connectivity index (χ3v) is 13.8. The quantitative estimate of drug-likeness (QED) is 0.181. The van der Waals surface area contributed by atoms with E-state index in [2.05, 4.69) is 25.1 Å². The van der Waals surface area contributed by atoms with Crippen molar-refractivity contribution in [2.24, 2.45) is 0 Å². The van der Waals surface area contributed by atoms with Crippen LogP contribution in [0, 0.1) is 0 Å². The van der Waals surface area contributed by atoms with Gasteiger partial charge in [0.1, 0.15) is 35.4 Å². The molecule has 1 unspecified atom stereocenters. The third-order valence-electron chi connectivity index (χ3n) is 13.8. The van der Waals surface area contributed by atoms with Crippen LogP contribution in [0.4, 0.5) is 10.6 Å². The number of para-hydroxylation sites is 1. The lowest BCUT2D eigenvalue weighted by atomic mass is 9.88. The van der Waals surface area contributed by atoms with Crippen LogP contribution in [-0.4, -0.2) is 145 Å². The van der Waals surface area contributed by atoms with E-state index in [0.29, 0.717) is 65.6 Å². The lowest BCUT2D eigenvalue weighted by molar-refractivity contribution is -0.136. The Kier molecular flexibility index (Phi) is 11.7. The Morgan fingerprint density at radius 2 is 1.48 bits per heavy atom. The SMILES string of the molecule is Nc1ncnc2c1c(-c1ccc(Oc3ccccc3)cc1)nn2[C@@H]1CCCN(C(=O)N2CCN(CCCN3CCC(c4ccc5c(c4)C(=O)N(C4CCC(=O)NC4=O)C5=O)CC3)CC2)C1. The van der Waals surface area contributed by atoms with Gasteiger partial charge in [-0.25, -0.2) is 19.4 Å². The number of anilines is 1. The molecule has 3 N–H and O–H groups in total. The smallest absolute Gasteiger partial charge is 0.320 e. The third kappa shape index (κ3) is 8.53. The number of carbonyl (C=O) groups is 5. The molecule has 4 saturated heterocycles. The van der Waals surface area contributed by atoms with Gasteiger partial charge in [-0.05, 0) is 125 Å². The first kappa shape index (κ1) is 42.2. The number of nitrogens with zero attached hydrogens (tertiary/aromatic N) is 9. The maximum Gasteiger partial charge on any atom is 0.320 e. The molecule has 0 spiro atoms. The molecule has 0 aliphatic carbocycles. The minimum absolute atomic E-state index is 0.0635. The van der Waals surface area contributed by atoms with Crippen molar-refractivity contribution in [3.05, 3.63) is 95.8 Å². The van der Waals surface area contributed by atoms with Gasteiger partial charge < -0.3 is 25.2 Å². The maximum absolute atomic E-state index is 14.0. The van der Waals surface area contributed by atoms with Crippen molar-refractivity contribution in [2.75, 3.05) is 71.2 Å². The van der Waals surface area contributed by atoms with Gasteiger partial charge in [0, 0.05) is 51.3 Å². The van der Waals surface area contributed by atoms with Gasteiger partial charge in [0.15, 0.2) is 5.65 Å². The van der Waals surface area contributed by atoms with Gasteiger partial charge >= 0.3 is 6.03 Å². The van der Waals surface area contributed by atoms with E-state index in [-0.39, 0.29) is 36.7 Å². The van der Waals surface area contributed by atoms with Gasteiger partial charge in [-0.3, -0.25) is 34.3 Å². The van der Waals surface area contributed by atoms with Crippen LogP contribution in [0.1, 0.15) is 83.2 Å². The fourth-order valence-corrected chi connectivity index (χ4v) is 10.2. The highest BCUT2D eigenvalue weighted by Gasteiger charge is 2.45. The summed E-state index contributed by atoms with van der Waals surface area (Å²) in [6.07, 6.45) is 6.38. The van der Waals surface area contributed by atoms with Crippen LogP contribution in [0.15, 0.2) is 79.1 Å². The number of likely N-dealkylation sites (tertiary alicyclic amines) is 2. The average Bonchev–Trinajstić information content (AvgIpc) is 3.85. The maximum atomic E-state index is 14.0. The Morgan fingerprint density at radius 3 is 2.23 bits per heavy atom. The van der Waals surface area contributed by atoms with Gasteiger partial charge in [0.05, 0.1) is 22.6 Å². The van der Waals surface area contributed by atoms with Crippen LogP contribution in [0.2, 0.25) is 0 Å². The zero-order valence-electron chi connectivity index (χ0n) is 36.3. The number of urea groups is 1. The van der Waals surface area contributed by atoms with Crippen molar-refractivity contribution in [3.8, 4) is 22.8 Å². The number of fused-ring (bicyclic) bond motifs is 2. The number of piperidine rings is 3. The van der Waals surface area contributed by atoms with E-state index in [9.17, 15) is 24.0 Å². The number of ether oxygens (including phenoxy) is 1. The summed E-state index contributed by atoms with van der Waals surface area (Å²) in [4.78, 5) is 83.5. The second kappa shape index (κ2) is 18.0. The number of hydrogen-bond acceptors (Lipinski definition) is 12. The van der Waals surface area contributed by atoms with E-state index < -0.39 is 23.8 Å². The Hall–Kier alpha value is -6.72. The van der Waals surface area contributed by atoms with Crippen molar-refractivity contribution >= 4 is 46.5 Å². The minimum atomic E-state index is -0.965. The minimum Gasteiger partial charge on any atom is -0.457 e. The molecule has 65 heavy (non-hydrogen) atoms. The van der Waals surface area contributed by atoms with Crippen molar-refractivity contribution in [1.82, 2.24) is 49.6 Å². The molecule has 7 heterocycles. The highest BCUT2D eigenvalue weighted by molar-refractivity contribution is 6.23. The summed E-state index contributed by atoms with van der Waals surface area (Å²) in [5, 5.41) is 8.03. The number of aromatic nitrogens is 4. The number of carbonyl (C=O) groups excluding carboxylic acids is 5. The number of rotatable bonds is 10. The summed E-state index contributed by atoms with van der Waals surface area (Å²) in [6.45, 7) is 8.15. The van der Waals surface area contributed by atoms with E-state index in [4.69, 9.17) is 15.6 Å². The highest BCUT2D eigenvalue weighted by Crippen LogP contribution is 2.36. The standard InChI is InChI=1S/C48H53N11O6/c49-43-41-42(32-9-12-36(13-10-32)65-35-7-2-1-3-8-35)53-59(44(41)51-30-50-43)34-6-4-21-57(29-34)48(64)56-26-24-55(25-27-56)20-5-19-54-22-17-31(18-23-54)33-11-14-37-38(28-33)47(63)58(46(37)62)39-15-16-40(60)52-45(39)61/h1-3,7-14,28,30-31,34,39H,4-6,15-27,29H2,(H2,49,50,51)(H,52,60,61)/t34-,39?/m1/s1. The van der Waals surface area contributed by atoms with E-state index in [1.807, 2.05) is 81.2 Å².